The van der Waals surface area contributed by atoms with E-state index in [-0.39, 0.29) is 0 Å². The molecule has 1 aliphatic carbocycles. The van der Waals surface area contributed by atoms with Crippen LogP contribution in [0.25, 0.3) is 0 Å². The first-order valence-corrected chi connectivity index (χ1v) is 4.37. The second kappa shape index (κ2) is 3.32. The van der Waals surface area contributed by atoms with Crippen LogP contribution in [0.3, 0.4) is 0 Å². The van der Waals surface area contributed by atoms with Gasteiger partial charge in [0.1, 0.15) is 0 Å². The summed E-state index contributed by atoms with van der Waals surface area (Å²) in [6, 6.07) is 0. The zero-order valence-corrected chi connectivity index (χ0v) is 7.19. The van der Waals surface area contributed by atoms with Gasteiger partial charge in [0, 0.05) is 0 Å². The fraction of sp³-hybridized carbons (Fsp3) is 0.750. The van der Waals surface area contributed by atoms with E-state index in [0.29, 0.717) is 0 Å². The second-order valence-corrected chi connectivity index (χ2v) is 3.85. The van der Waals surface area contributed by atoms with Crippen molar-refractivity contribution in [2.45, 2.75) is 31.4 Å². The molecule has 2 heteroatoms. The molecule has 1 saturated carbocycles. The second-order valence-electron chi connectivity index (χ2n) is 3.85. The molecular formula is C8H16B2. The number of hydrogen-bond acceptors (Lipinski definition) is 0. The first-order valence-electron chi connectivity index (χ1n) is 4.37. The highest BCUT2D eigenvalue weighted by Crippen LogP contribution is 2.32. The molecule has 54 valence electrons. The SMILES string of the molecule is BC(B)C1CCCC(=C)C1. The zero-order chi connectivity index (χ0) is 7.56. The van der Waals surface area contributed by atoms with Gasteiger partial charge in [0.25, 0.3) is 0 Å². The smallest absolute Gasteiger partial charge is 0.0960 e. The highest BCUT2D eigenvalue weighted by Gasteiger charge is 2.17. The van der Waals surface area contributed by atoms with Crippen molar-refractivity contribution in [3.63, 3.8) is 0 Å². The van der Waals surface area contributed by atoms with Gasteiger partial charge in [-0.15, -0.1) is 0 Å². The Morgan fingerprint density at radius 2 is 2.20 bits per heavy atom. The molecule has 0 aliphatic heterocycles. The van der Waals surface area contributed by atoms with Crippen LogP contribution in [-0.4, -0.2) is 15.7 Å². The lowest BCUT2D eigenvalue weighted by molar-refractivity contribution is 0.439. The minimum atomic E-state index is 0.858. The van der Waals surface area contributed by atoms with Crippen molar-refractivity contribution in [1.82, 2.24) is 0 Å². The summed E-state index contributed by atoms with van der Waals surface area (Å²) in [5.41, 5.74) is 2.34. The largest absolute Gasteiger partial charge is 0.0999 e. The molecule has 1 atom stereocenters. The molecule has 0 saturated heterocycles. The van der Waals surface area contributed by atoms with Crippen LogP contribution in [0.15, 0.2) is 12.2 Å². The van der Waals surface area contributed by atoms with E-state index in [2.05, 4.69) is 22.3 Å². The van der Waals surface area contributed by atoms with Gasteiger partial charge in [0.15, 0.2) is 0 Å². The Bertz CT molecular complexity index is 129. The first-order chi connectivity index (χ1) is 4.70. The third-order valence-corrected chi connectivity index (χ3v) is 2.60. The molecule has 0 heterocycles. The van der Waals surface area contributed by atoms with E-state index in [1.807, 2.05) is 0 Å². The predicted molar refractivity (Wildman–Crippen MR) is 51.9 cm³/mol. The summed E-state index contributed by atoms with van der Waals surface area (Å²) in [5, 5.41) is 0. The highest BCUT2D eigenvalue weighted by molar-refractivity contribution is 6.35. The van der Waals surface area contributed by atoms with Crippen LogP contribution in [-0.2, 0) is 0 Å². The van der Waals surface area contributed by atoms with Crippen LogP contribution in [0.5, 0.6) is 0 Å². The summed E-state index contributed by atoms with van der Waals surface area (Å²) in [5.74, 6) is 0.932. The topological polar surface area (TPSA) is 0 Å². The molecule has 10 heavy (non-hydrogen) atoms. The van der Waals surface area contributed by atoms with Gasteiger partial charge < -0.3 is 0 Å². The van der Waals surface area contributed by atoms with E-state index in [0.717, 1.165) is 11.6 Å². The Labute approximate surface area is 65.9 Å². The quantitative estimate of drug-likeness (QED) is 0.366. The zero-order valence-electron chi connectivity index (χ0n) is 7.19. The molecule has 1 unspecified atom stereocenters. The van der Waals surface area contributed by atoms with Crippen molar-refractivity contribution in [1.29, 1.82) is 0 Å². The van der Waals surface area contributed by atoms with Gasteiger partial charge in [0.2, 0.25) is 0 Å². The number of hydrogen-bond donors (Lipinski definition) is 0. The van der Waals surface area contributed by atoms with E-state index in [9.17, 15) is 0 Å². The molecule has 0 aromatic heterocycles. The van der Waals surface area contributed by atoms with Gasteiger partial charge >= 0.3 is 0 Å². The Balaban J connectivity index is 2.39. The van der Waals surface area contributed by atoms with E-state index in [4.69, 9.17) is 0 Å². The molecule has 0 aromatic rings. The Kier molecular flexibility index (Phi) is 2.64. The normalized spacial score (nSPS) is 27.3. The van der Waals surface area contributed by atoms with E-state index < -0.39 is 0 Å². The summed E-state index contributed by atoms with van der Waals surface area (Å²) >= 11 is 0. The summed E-state index contributed by atoms with van der Waals surface area (Å²) in [6.45, 7) is 4.05. The van der Waals surface area contributed by atoms with Gasteiger partial charge in [-0.05, 0) is 25.2 Å². The van der Waals surface area contributed by atoms with Crippen LogP contribution in [0.4, 0.5) is 0 Å². The van der Waals surface area contributed by atoms with Gasteiger partial charge in [-0.25, -0.2) is 0 Å². The molecule has 0 spiro atoms. The monoisotopic (exact) mass is 134 g/mol. The average Bonchev–Trinajstić information content (AvgIpc) is 1.88. The minimum absolute atomic E-state index is 0.858. The van der Waals surface area contributed by atoms with Crippen LogP contribution < -0.4 is 0 Å². The van der Waals surface area contributed by atoms with Crippen LogP contribution in [0.1, 0.15) is 25.7 Å². The van der Waals surface area contributed by atoms with Gasteiger partial charge in [-0.2, -0.15) is 0 Å². The standard InChI is InChI=1S/C8H16B2/c1-6-3-2-4-7(5-6)8(9)10/h7-8H,1-5,9-10H2. The maximum atomic E-state index is 4.05. The molecule has 0 N–H and O–H groups in total. The van der Waals surface area contributed by atoms with Crippen molar-refractivity contribution in [3.8, 4) is 0 Å². The molecule has 0 aromatic carbocycles. The van der Waals surface area contributed by atoms with Crippen LogP contribution >= 0.6 is 0 Å². The maximum Gasteiger partial charge on any atom is 0.0960 e. The fourth-order valence-corrected chi connectivity index (χ4v) is 1.76. The summed E-state index contributed by atoms with van der Waals surface area (Å²) < 4.78 is 0. The van der Waals surface area contributed by atoms with Gasteiger partial charge in [0.05, 0.1) is 15.7 Å². The third-order valence-electron chi connectivity index (χ3n) is 2.60. The number of allylic oxidation sites excluding steroid dienone is 1. The first kappa shape index (κ1) is 7.97. The average molecular weight is 134 g/mol. The lowest BCUT2D eigenvalue weighted by atomic mass is 9.59. The number of rotatable bonds is 1. The van der Waals surface area contributed by atoms with E-state index in [1.54, 1.807) is 0 Å². The van der Waals surface area contributed by atoms with Crippen molar-refractivity contribution in [3.05, 3.63) is 12.2 Å². The van der Waals surface area contributed by atoms with Crippen molar-refractivity contribution < 1.29 is 0 Å². The molecule has 1 aliphatic rings. The minimum Gasteiger partial charge on any atom is -0.0999 e. The molecular weight excluding hydrogens is 118 g/mol. The van der Waals surface area contributed by atoms with E-state index >= 15 is 0 Å². The third kappa shape index (κ3) is 1.93. The van der Waals surface area contributed by atoms with Crippen LogP contribution in [0, 0.1) is 5.92 Å². The molecule has 0 bridgehead atoms. The van der Waals surface area contributed by atoms with Gasteiger partial charge in [-0.1, -0.05) is 24.3 Å². The Morgan fingerprint density at radius 1 is 1.50 bits per heavy atom. The lowest BCUT2D eigenvalue weighted by Crippen LogP contribution is -2.14. The summed E-state index contributed by atoms with van der Waals surface area (Å²) in [6.07, 6.45) is 5.37. The highest BCUT2D eigenvalue weighted by atomic mass is 14.2. The van der Waals surface area contributed by atoms with Gasteiger partial charge in [-0.3, -0.25) is 0 Å². The summed E-state index contributed by atoms with van der Waals surface area (Å²) in [4.78, 5) is 0. The molecule has 1 fully saturated rings. The summed E-state index contributed by atoms with van der Waals surface area (Å²) in [7, 11) is 4.65. The van der Waals surface area contributed by atoms with Crippen molar-refractivity contribution >= 4 is 15.7 Å². The molecule has 1 rings (SSSR count). The Hall–Kier alpha value is -0.130. The lowest BCUT2D eigenvalue weighted by Gasteiger charge is -2.26. The van der Waals surface area contributed by atoms with Crippen molar-refractivity contribution in [2.24, 2.45) is 5.92 Å². The Morgan fingerprint density at radius 3 is 2.60 bits per heavy atom. The molecule has 0 nitrogen and oxygen atoms in total. The maximum absolute atomic E-state index is 4.05. The fourth-order valence-electron chi connectivity index (χ4n) is 1.76. The predicted octanol–water partition coefficient (Wildman–Crippen LogP) is 0.745. The molecule has 0 radical (unpaired) electrons. The molecule has 0 amide bonds. The van der Waals surface area contributed by atoms with E-state index in [1.165, 1.54) is 31.3 Å². The van der Waals surface area contributed by atoms with Crippen molar-refractivity contribution in [2.75, 3.05) is 0 Å². The van der Waals surface area contributed by atoms with Crippen LogP contribution in [0.2, 0.25) is 5.72 Å².